The fraction of sp³-hybridized carbons (Fsp3) is 0.500. The van der Waals surface area contributed by atoms with Crippen LogP contribution >= 0.6 is 11.6 Å². The Morgan fingerprint density at radius 1 is 1.47 bits per heavy atom. The highest BCUT2D eigenvalue weighted by Gasteiger charge is 2.08. The molecule has 0 bridgehead atoms. The van der Waals surface area contributed by atoms with Crippen molar-refractivity contribution in [2.75, 3.05) is 13.7 Å². The van der Waals surface area contributed by atoms with Crippen LogP contribution in [-0.4, -0.2) is 18.8 Å². The highest BCUT2D eigenvalue weighted by molar-refractivity contribution is 6.32. The van der Waals surface area contributed by atoms with E-state index in [2.05, 4.69) is 6.92 Å². The van der Waals surface area contributed by atoms with Gasteiger partial charge in [-0.1, -0.05) is 31.0 Å². The topological polar surface area (TPSA) is 29.5 Å². The number of hydrogen-bond donors (Lipinski definition) is 1. The molecule has 2 nitrogen and oxygen atoms in total. The van der Waals surface area contributed by atoms with Crippen molar-refractivity contribution in [2.45, 2.75) is 19.8 Å². The van der Waals surface area contributed by atoms with Gasteiger partial charge in [0.1, 0.15) is 5.75 Å². The lowest BCUT2D eigenvalue weighted by molar-refractivity contribution is 0.222. The summed E-state index contributed by atoms with van der Waals surface area (Å²) in [7, 11) is 1.60. The molecule has 0 aliphatic carbocycles. The Morgan fingerprint density at radius 3 is 2.67 bits per heavy atom. The molecule has 0 aromatic heterocycles. The van der Waals surface area contributed by atoms with Crippen molar-refractivity contribution in [1.29, 1.82) is 0 Å². The maximum atomic E-state index is 9.10. The van der Waals surface area contributed by atoms with Crippen molar-refractivity contribution < 1.29 is 9.84 Å². The zero-order chi connectivity index (χ0) is 11.3. The van der Waals surface area contributed by atoms with Gasteiger partial charge >= 0.3 is 0 Å². The first-order valence-electron chi connectivity index (χ1n) is 5.14. The molecule has 0 saturated heterocycles. The summed E-state index contributed by atoms with van der Waals surface area (Å²) in [6.07, 6.45) is 1.83. The normalized spacial score (nSPS) is 12.5. The fourth-order valence-electron chi connectivity index (χ4n) is 1.51. The molecule has 0 amide bonds. The van der Waals surface area contributed by atoms with Crippen molar-refractivity contribution >= 4 is 11.6 Å². The quantitative estimate of drug-likeness (QED) is 0.840. The highest BCUT2D eigenvalue weighted by Crippen LogP contribution is 2.26. The van der Waals surface area contributed by atoms with Gasteiger partial charge in [0, 0.05) is 6.61 Å². The van der Waals surface area contributed by atoms with E-state index in [1.807, 2.05) is 18.2 Å². The van der Waals surface area contributed by atoms with E-state index in [1.165, 1.54) is 0 Å². The van der Waals surface area contributed by atoms with Crippen LogP contribution in [0, 0.1) is 5.92 Å². The molecule has 1 aromatic carbocycles. The van der Waals surface area contributed by atoms with Crippen molar-refractivity contribution in [3.63, 3.8) is 0 Å². The van der Waals surface area contributed by atoms with Crippen molar-refractivity contribution in [3.8, 4) is 5.75 Å². The largest absolute Gasteiger partial charge is 0.495 e. The van der Waals surface area contributed by atoms with Crippen LogP contribution < -0.4 is 4.74 Å². The van der Waals surface area contributed by atoms with Crippen molar-refractivity contribution in [2.24, 2.45) is 5.92 Å². The predicted molar refractivity (Wildman–Crippen MR) is 62.6 cm³/mol. The van der Waals surface area contributed by atoms with Crippen LogP contribution in [0.1, 0.15) is 18.9 Å². The van der Waals surface area contributed by atoms with E-state index in [1.54, 1.807) is 7.11 Å². The number of ether oxygens (including phenoxy) is 1. The third kappa shape index (κ3) is 3.40. The summed E-state index contributed by atoms with van der Waals surface area (Å²) in [5.41, 5.74) is 1.14. The lowest BCUT2D eigenvalue weighted by Crippen LogP contribution is -2.08. The molecule has 0 aliphatic heterocycles. The van der Waals surface area contributed by atoms with Crippen LogP contribution in [0.5, 0.6) is 5.75 Å². The fourth-order valence-corrected chi connectivity index (χ4v) is 1.79. The summed E-state index contributed by atoms with van der Waals surface area (Å²) in [5.74, 6) is 1.01. The second kappa shape index (κ2) is 5.99. The summed E-state index contributed by atoms with van der Waals surface area (Å²) < 4.78 is 5.08. The lowest BCUT2D eigenvalue weighted by Gasteiger charge is -2.12. The highest BCUT2D eigenvalue weighted by atomic mass is 35.5. The minimum atomic E-state index is 0.222. The monoisotopic (exact) mass is 228 g/mol. The summed E-state index contributed by atoms with van der Waals surface area (Å²) in [5, 5.41) is 9.73. The van der Waals surface area contributed by atoms with Crippen LogP contribution in [-0.2, 0) is 6.42 Å². The number of benzene rings is 1. The number of aliphatic hydroxyl groups is 1. The number of methoxy groups -OCH3 is 1. The molecule has 1 unspecified atom stereocenters. The van der Waals surface area contributed by atoms with E-state index < -0.39 is 0 Å². The van der Waals surface area contributed by atoms with Gasteiger partial charge in [-0.05, 0) is 30.0 Å². The molecule has 0 saturated carbocycles. The minimum Gasteiger partial charge on any atom is -0.495 e. The number of rotatable bonds is 5. The van der Waals surface area contributed by atoms with Crippen LogP contribution in [0.2, 0.25) is 5.02 Å². The maximum Gasteiger partial charge on any atom is 0.137 e. The van der Waals surface area contributed by atoms with Gasteiger partial charge in [-0.2, -0.15) is 0 Å². The lowest BCUT2D eigenvalue weighted by atomic mass is 9.98. The Labute approximate surface area is 95.8 Å². The van der Waals surface area contributed by atoms with E-state index in [9.17, 15) is 0 Å². The Hall–Kier alpha value is -0.730. The maximum absolute atomic E-state index is 9.10. The molecule has 0 fully saturated rings. The number of halogens is 1. The van der Waals surface area contributed by atoms with Crippen LogP contribution in [0.25, 0.3) is 0 Å². The molecule has 1 atom stereocenters. The third-order valence-corrected chi connectivity index (χ3v) is 2.87. The second-order valence-corrected chi connectivity index (χ2v) is 4.04. The van der Waals surface area contributed by atoms with Gasteiger partial charge in [0.25, 0.3) is 0 Å². The van der Waals surface area contributed by atoms with E-state index in [0.29, 0.717) is 16.7 Å². The smallest absolute Gasteiger partial charge is 0.137 e. The zero-order valence-electron chi connectivity index (χ0n) is 9.16. The van der Waals surface area contributed by atoms with Gasteiger partial charge in [-0.15, -0.1) is 0 Å². The number of aliphatic hydroxyl groups excluding tert-OH is 1. The van der Waals surface area contributed by atoms with Crippen LogP contribution in [0.3, 0.4) is 0 Å². The van der Waals surface area contributed by atoms with Crippen molar-refractivity contribution in [3.05, 3.63) is 28.8 Å². The summed E-state index contributed by atoms with van der Waals surface area (Å²) >= 11 is 6.01. The van der Waals surface area contributed by atoms with E-state index in [0.717, 1.165) is 18.4 Å². The molecule has 1 aromatic rings. The van der Waals surface area contributed by atoms with Gasteiger partial charge in [0.2, 0.25) is 0 Å². The molecule has 1 N–H and O–H groups in total. The van der Waals surface area contributed by atoms with Crippen LogP contribution in [0.4, 0.5) is 0 Å². The minimum absolute atomic E-state index is 0.222. The predicted octanol–water partition coefficient (Wildman–Crippen LogP) is 2.91. The van der Waals surface area contributed by atoms with Gasteiger partial charge in [0.15, 0.2) is 0 Å². The SMILES string of the molecule is CCC(CO)Cc1ccc(OC)c(Cl)c1. The summed E-state index contributed by atoms with van der Waals surface area (Å²) in [4.78, 5) is 0. The molecule has 3 heteroatoms. The standard InChI is InChI=1S/C12H17ClO2/c1-3-9(8-14)6-10-4-5-12(15-2)11(13)7-10/h4-5,7,9,14H,3,6,8H2,1-2H3. The van der Waals surface area contributed by atoms with E-state index >= 15 is 0 Å². The van der Waals surface area contributed by atoms with Gasteiger partial charge in [0.05, 0.1) is 12.1 Å². The van der Waals surface area contributed by atoms with Gasteiger partial charge in [-0.25, -0.2) is 0 Å². The third-order valence-electron chi connectivity index (χ3n) is 2.58. The molecular weight excluding hydrogens is 212 g/mol. The molecule has 1 rings (SSSR count). The molecule has 0 heterocycles. The first-order valence-corrected chi connectivity index (χ1v) is 5.52. The van der Waals surface area contributed by atoms with E-state index in [-0.39, 0.29) is 6.61 Å². The van der Waals surface area contributed by atoms with E-state index in [4.69, 9.17) is 21.4 Å². The molecule has 0 spiro atoms. The Kier molecular flexibility index (Phi) is 4.92. The summed E-state index contributed by atoms with van der Waals surface area (Å²) in [6.45, 7) is 2.30. The Morgan fingerprint density at radius 2 is 2.20 bits per heavy atom. The van der Waals surface area contributed by atoms with Gasteiger partial charge < -0.3 is 9.84 Å². The average molecular weight is 229 g/mol. The summed E-state index contributed by atoms with van der Waals surface area (Å²) in [6, 6.07) is 5.75. The zero-order valence-corrected chi connectivity index (χ0v) is 9.92. The van der Waals surface area contributed by atoms with Crippen LogP contribution in [0.15, 0.2) is 18.2 Å². The van der Waals surface area contributed by atoms with Gasteiger partial charge in [-0.3, -0.25) is 0 Å². The molecule has 84 valence electrons. The van der Waals surface area contributed by atoms with Crippen molar-refractivity contribution in [1.82, 2.24) is 0 Å². The Bertz CT molecular complexity index is 308. The second-order valence-electron chi connectivity index (χ2n) is 3.63. The molecular formula is C12H17ClO2. The average Bonchev–Trinajstić information content (AvgIpc) is 2.26. The Balaban J connectivity index is 2.74. The number of hydrogen-bond acceptors (Lipinski definition) is 2. The molecule has 0 radical (unpaired) electrons. The molecule has 0 aliphatic rings. The molecule has 15 heavy (non-hydrogen) atoms. The first-order chi connectivity index (χ1) is 7.21. The first kappa shape index (κ1) is 12.3.